The molecule has 0 amide bonds. The Hall–Kier alpha value is -1.23. The summed E-state index contributed by atoms with van der Waals surface area (Å²) in [4.78, 5) is 0. The molecule has 2 aromatic rings. The molecule has 1 aliphatic heterocycles. The number of rotatable bonds is 3. The maximum atomic E-state index is 5.90. The van der Waals surface area contributed by atoms with Crippen molar-refractivity contribution in [2.24, 2.45) is 0 Å². The molecule has 92 valence electrons. The van der Waals surface area contributed by atoms with Crippen LogP contribution in [0.3, 0.4) is 0 Å². The summed E-state index contributed by atoms with van der Waals surface area (Å²) in [5.74, 6) is 1.03. The predicted octanol–water partition coefficient (Wildman–Crippen LogP) is 3.71. The molecule has 2 aromatic carbocycles. The van der Waals surface area contributed by atoms with Gasteiger partial charge in [-0.3, -0.25) is 0 Å². The van der Waals surface area contributed by atoms with Crippen LogP contribution in [0.1, 0.15) is 5.56 Å². The fraction of sp³-hybridized carbons (Fsp3) is 0.200. The lowest BCUT2D eigenvalue weighted by Gasteiger charge is -2.13. The van der Waals surface area contributed by atoms with Crippen LogP contribution in [0, 0.1) is 3.57 Å². The van der Waals surface area contributed by atoms with Gasteiger partial charge in [-0.05, 0) is 46.4 Å². The SMILES string of the molecule is Ic1ccccc1NCC1Cc2ccccc2O1. The lowest BCUT2D eigenvalue weighted by molar-refractivity contribution is 0.246. The van der Waals surface area contributed by atoms with Crippen LogP contribution in [0.15, 0.2) is 48.5 Å². The Balaban J connectivity index is 1.62. The molecule has 1 aliphatic rings. The van der Waals surface area contributed by atoms with Gasteiger partial charge in [-0.25, -0.2) is 0 Å². The number of benzene rings is 2. The minimum atomic E-state index is 0.235. The van der Waals surface area contributed by atoms with Gasteiger partial charge in [0, 0.05) is 15.7 Å². The molecule has 0 bridgehead atoms. The maximum Gasteiger partial charge on any atom is 0.123 e. The fourth-order valence-electron chi connectivity index (χ4n) is 2.20. The molecule has 0 saturated heterocycles. The zero-order valence-electron chi connectivity index (χ0n) is 9.90. The molecule has 1 N–H and O–H groups in total. The normalized spacial score (nSPS) is 17.1. The highest BCUT2D eigenvalue weighted by Gasteiger charge is 2.21. The minimum absolute atomic E-state index is 0.235. The first-order chi connectivity index (χ1) is 8.83. The summed E-state index contributed by atoms with van der Waals surface area (Å²) in [5.41, 5.74) is 2.49. The third-order valence-electron chi connectivity index (χ3n) is 3.11. The predicted molar refractivity (Wildman–Crippen MR) is 82.2 cm³/mol. The Labute approximate surface area is 121 Å². The van der Waals surface area contributed by atoms with Gasteiger partial charge < -0.3 is 10.1 Å². The molecule has 18 heavy (non-hydrogen) atoms. The van der Waals surface area contributed by atoms with Crippen molar-refractivity contribution in [1.82, 2.24) is 0 Å². The second-order valence-electron chi connectivity index (χ2n) is 4.41. The smallest absolute Gasteiger partial charge is 0.123 e. The summed E-state index contributed by atoms with van der Waals surface area (Å²) < 4.78 is 7.14. The van der Waals surface area contributed by atoms with E-state index in [1.165, 1.54) is 14.8 Å². The fourth-order valence-corrected chi connectivity index (χ4v) is 2.77. The Bertz CT molecular complexity index is 531. The lowest BCUT2D eigenvalue weighted by Crippen LogP contribution is -2.24. The number of para-hydroxylation sites is 2. The molecule has 1 atom stereocenters. The van der Waals surface area contributed by atoms with Crippen LogP contribution in [0.4, 0.5) is 5.69 Å². The Morgan fingerprint density at radius 2 is 1.89 bits per heavy atom. The van der Waals surface area contributed by atoms with Crippen molar-refractivity contribution >= 4 is 28.3 Å². The molecular weight excluding hydrogens is 337 g/mol. The van der Waals surface area contributed by atoms with Crippen LogP contribution in [0.5, 0.6) is 5.75 Å². The molecule has 0 saturated carbocycles. The highest BCUT2D eigenvalue weighted by atomic mass is 127. The lowest BCUT2D eigenvalue weighted by atomic mass is 10.1. The topological polar surface area (TPSA) is 21.3 Å². The monoisotopic (exact) mass is 351 g/mol. The number of halogens is 1. The third kappa shape index (κ3) is 2.46. The van der Waals surface area contributed by atoms with Crippen molar-refractivity contribution < 1.29 is 4.74 Å². The number of hydrogen-bond donors (Lipinski definition) is 1. The highest BCUT2D eigenvalue weighted by Crippen LogP contribution is 2.28. The van der Waals surface area contributed by atoms with Crippen LogP contribution in [0.2, 0.25) is 0 Å². The van der Waals surface area contributed by atoms with E-state index in [4.69, 9.17) is 4.74 Å². The van der Waals surface area contributed by atoms with Crippen molar-refractivity contribution in [1.29, 1.82) is 0 Å². The van der Waals surface area contributed by atoms with Gasteiger partial charge in [-0.2, -0.15) is 0 Å². The van der Waals surface area contributed by atoms with Gasteiger partial charge in [0.25, 0.3) is 0 Å². The Morgan fingerprint density at radius 1 is 1.11 bits per heavy atom. The van der Waals surface area contributed by atoms with Gasteiger partial charge in [0.15, 0.2) is 0 Å². The second-order valence-corrected chi connectivity index (χ2v) is 5.57. The highest BCUT2D eigenvalue weighted by molar-refractivity contribution is 14.1. The molecule has 0 radical (unpaired) electrons. The van der Waals surface area contributed by atoms with Crippen LogP contribution < -0.4 is 10.1 Å². The summed E-state index contributed by atoms with van der Waals surface area (Å²) in [6, 6.07) is 16.6. The molecule has 0 aromatic heterocycles. The first-order valence-corrected chi connectivity index (χ1v) is 7.14. The van der Waals surface area contributed by atoms with E-state index in [0.29, 0.717) is 0 Å². The van der Waals surface area contributed by atoms with E-state index in [0.717, 1.165) is 18.7 Å². The Kier molecular flexibility index (Phi) is 3.41. The van der Waals surface area contributed by atoms with Gasteiger partial charge in [0.2, 0.25) is 0 Å². The van der Waals surface area contributed by atoms with E-state index >= 15 is 0 Å². The molecule has 0 fully saturated rings. The number of fused-ring (bicyclic) bond motifs is 1. The van der Waals surface area contributed by atoms with Crippen LogP contribution in [-0.2, 0) is 6.42 Å². The van der Waals surface area contributed by atoms with Crippen LogP contribution in [-0.4, -0.2) is 12.6 Å². The van der Waals surface area contributed by atoms with E-state index in [1.54, 1.807) is 0 Å². The average Bonchev–Trinajstić information content (AvgIpc) is 2.80. The van der Waals surface area contributed by atoms with E-state index in [1.807, 2.05) is 12.1 Å². The summed E-state index contributed by atoms with van der Waals surface area (Å²) in [6.07, 6.45) is 1.23. The molecule has 3 rings (SSSR count). The number of hydrogen-bond acceptors (Lipinski definition) is 2. The van der Waals surface area contributed by atoms with Gasteiger partial charge >= 0.3 is 0 Å². The first kappa shape index (κ1) is 11.8. The van der Waals surface area contributed by atoms with Crippen molar-refractivity contribution in [3.05, 3.63) is 57.7 Å². The first-order valence-electron chi connectivity index (χ1n) is 6.06. The standard InChI is InChI=1S/C15H14INO/c16-13-6-2-3-7-14(13)17-10-12-9-11-5-1-4-8-15(11)18-12/h1-8,12,17H,9-10H2. The van der Waals surface area contributed by atoms with Crippen molar-refractivity contribution in [3.8, 4) is 5.75 Å². The zero-order chi connectivity index (χ0) is 12.4. The average molecular weight is 351 g/mol. The van der Waals surface area contributed by atoms with Gasteiger partial charge in [0.1, 0.15) is 11.9 Å². The number of anilines is 1. The minimum Gasteiger partial charge on any atom is -0.488 e. The van der Waals surface area contributed by atoms with E-state index in [-0.39, 0.29) is 6.10 Å². The summed E-state index contributed by atoms with van der Waals surface area (Å²) >= 11 is 2.34. The van der Waals surface area contributed by atoms with Crippen molar-refractivity contribution in [2.75, 3.05) is 11.9 Å². The quantitative estimate of drug-likeness (QED) is 0.852. The van der Waals surface area contributed by atoms with Crippen molar-refractivity contribution in [2.45, 2.75) is 12.5 Å². The third-order valence-corrected chi connectivity index (χ3v) is 4.05. The van der Waals surface area contributed by atoms with Crippen molar-refractivity contribution in [3.63, 3.8) is 0 Å². The second kappa shape index (κ2) is 5.18. The van der Waals surface area contributed by atoms with Gasteiger partial charge in [0.05, 0.1) is 6.54 Å². The van der Waals surface area contributed by atoms with Crippen LogP contribution >= 0.6 is 22.6 Å². The number of ether oxygens (including phenoxy) is 1. The van der Waals surface area contributed by atoms with E-state index in [2.05, 4.69) is 64.3 Å². The summed E-state index contributed by atoms with van der Waals surface area (Å²) in [5, 5.41) is 3.46. The Morgan fingerprint density at radius 3 is 2.72 bits per heavy atom. The van der Waals surface area contributed by atoms with Crippen LogP contribution in [0.25, 0.3) is 0 Å². The van der Waals surface area contributed by atoms with Gasteiger partial charge in [-0.15, -0.1) is 0 Å². The number of nitrogens with one attached hydrogen (secondary N) is 1. The molecule has 2 nitrogen and oxygen atoms in total. The zero-order valence-corrected chi connectivity index (χ0v) is 12.1. The maximum absolute atomic E-state index is 5.90. The molecule has 3 heteroatoms. The van der Waals surface area contributed by atoms with E-state index < -0.39 is 0 Å². The summed E-state index contributed by atoms with van der Waals surface area (Å²) in [6.45, 7) is 0.842. The molecular formula is C15H14INO. The molecule has 0 spiro atoms. The summed E-state index contributed by atoms with van der Waals surface area (Å²) in [7, 11) is 0. The molecule has 0 aliphatic carbocycles. The van der Waals surface area contributed by atoms with E-state index in [9.17, 15) is 0 Å². The van der Waals surface area contributed by atoms with Gasteiger partial charge in [-0.1, -0.05) is 30.3 Å². The largest absolute Gasteiger partial charge is 0.488 e. The molecule has 1 unspecified atom stereocenters. The molecule has 1 heterocycles.